The van der Waals surface area contributed by atoms with Crippen molar-refractivity contribution in [2.75, 3.05) is 18.8 Å². The number of likely N-dealkylation sites (tertiary alicyclic amines) is 1. The van der Waals surface area contributed by atoms with E-state index in [-0.39, 0.29) is 5.91 Å². The quantitative estimate of drug-likeness (QED) is 0.717. The Morgan fingerprint density at radius 3 is 2.85 bits per heavy atom. The fraction of sp³-hybridized carbons (Fsp3) is 0.421. The van der Waals surface area contributed by atoms with E-state index < -0.39 is 0 Å². The first-order valence-corrected chi connectivity index (χ1v) is 9.98. The van der Waals surface area contributed by atoms with Gasteiger partial charge in [-0.3, -0.25) is 4.79 Å². The molecule has 4 rings (SSSR count). The van der Waals surface area contributed by atoms with Crippen LogP contribution in [0.1, 0.15) is 19.8 Å². The van der Waals surface area contributed by atoms with Gasteiger partial charge in [0.2, 0.25) is 5.91 Å². The van der Waals surface area contributed by atoms with Crippen molar-refractivity contribution in [1.82, 2.24) is 24.6 Å². The number of hydrogen-bond acceptors (Lipinski definition) is 4. The summed E-state index contributed by atoms with van der Waals surface area (Å²) in [5.74, 6) is 2.14. The van der Waals surface area contributed by atoms with Gasteiger partial charge >= 0.3 is 0 Å². The summed E-state index contributed by atoms with van der Waals surface area (Å²) in [4.78, 5) is 17.7. The monoisotopic (exact) mass is 369 g/mol. The number of para-hydroxylation sites is 1. The molecule has 0 spiro atoms. The number of thioether (sulfide) groups is 1. The maximum atomic E-state index is 12.4. The van der Waals surface area contributed by atoms with Gasteiger partial charge in [0.25, 0.3) is 0 Å². The van der Waals surface area contributed by atoms with Crippen LogP contribution in [0.4, 0.5) is 0 Å². The Morgan fingerprint density at radius 1 is 1.27 bits per heavy atom. The fourth-order valence-corrected chi connectivity index (χ4v) is 4.22. The van der Waals surface area contributed by atoms with Crippen LogP contribution in [0.5, 0.6) is 0 Å². The zero-order valence-corrected chi connectivity index (χ0v) is 15.9. The van der Waals surface area contributed by atoms with E-state index in [9.17, 15) is 4.79 Å². The molecule has 1 N–H and O–H groups in total. The molecule has 1 aromatic carbocycles. The van der Waals surface area contributed by atoms with E-state index in [0.29, 0.717) is 5.75 Å². The second-order valence-corrected chi connectivity index (χ2v) is 7.91. The molecule has 0 radical (unpaired) electrons. The van der Waals surface area contributed by atoms with Crippen molar-refractivity contribution in [3.63, 3.8) is 0 Å². The summed E-state index contributed by atoms with van der Waals surface area (Å²) < 4.78 is 1.96. The first kappa shape index (κ1) is 17.1. The Morgan fingerprint density at radius 2 is 2.04 bits per heavy atom. The molecule has 0 atom stereocenters. The Labute approximate surface area is 157 Å². The van der Waals surface area contributed by atoms with Gasteiger partial charge in [0.1, 0.15) is 0 Å². The van der Waals surface area contributed by atoms with E-state index in [2.05, 4.69) is 28.2 Å². The highest BCUT2D eigenvalue weighted by atomic mass is 32.2. The van der Waals surface area contributed by atoms with Gasteiger partial charge in [-0.05, 0) is 24.8 Å². The van der Waals surface area contributed by atoms with Crippen LogP contribution >= 0.6 is 11.8 Å². The number of piperidine rings is 1. The van der Waals surface area contributed by atoms with Crippen LogP contribution in [-0.4, -0.2) is 49.4 Å². The maximum absolute atomic E-state index is 12.4. The number of H-pyrrole nitrogens is 1. The largest absolute Gasteiger partial charge is 0.360 e. The van der Waals surface area contributed by atoms with Gasteiger partial charge in [0.15, 0.2) is 11.0 Å². The van der Waals surface area contributed by atoms with E-state index in [1.54, 1.807) is 0 Å². The third-order valence-electron chi connectivity index (χ3n) is 5.13. The minimum Gasteiger partial charge on any atom is -0.360 e. The standard InChI is InChI=1S/C19H23N5OS/c1-13-7-9-24(10-8-13)17(25)12-26-19-22-21-18(23(19)2)15-11-20-16-6-4-3-5-14(15)16/h3-6,11,13,20H,7-10,12H2,1-2H3. The molecule has 0 saturated carbocycles. The minimum absolute atomic E-state index is 0.193. The predicted octanol–water partition coefficient (Wildman–Crippen LogP) is 3.31. The van der Waals surface area contributed by atoms with E-state index in [1.165, 1.54) is 11.8 Å². The highest BCUT2D eigenvalue weighted by Crippen LogP contribution is 2.29. The van der Waals surface area contributed by atoms with Crippen LogP contribution in [0.2, 0.25) is 0 Å². The normalized spacial score (nSPS) is 15.7. The number of hydrogen-bond donors (Lipinski definition) is 1. The second kappa shape index (κ2) is 7.15. The highest BCUT2D eigenvalue weighted by molar-refractivity contribution is 7.99. The Kier molecular flexibility index (Phi) is 4.72. The van der Waals surface area contributed by atoms with Gasteiger partial charge in [0, 0.05) is 42.8 Å². The van der Waals surface area contributed by atoms with Crippen molar-refractivity contribution in [2.24, 2.45) is 13.0 Å². The molecule has 0 aliphatic carbocycles. The SMILES string of the molecule is CC1CCN(C(=O)CSc2nnc(-c3c[nH]c4ccccc34)n2C)CC1. The molecule has 1 aliphatic rings. The molecule has 1 saturated heterocycles. The maximum Gasteiger partial charge on any atom is 0.233 e. The summed E-state index contributed by atoms with van der Waals surface area (Å²) in [6, 6.07) is 8.14. The van der Waals surface area contributed by atoms with E-state index in [4.69, 9.17) is 0 Å². The van der Waals surface area contributed by atoms with E-state index in [1.807, 2.05) is 40.9 Å². The molecule has 3 heterocycles. The molecule has 0 bridgehead atoms. The number of fused-ring (bicyclic) bond motifs is 1. The molecule has 1 aliphatic heterocycles. The Balaban J connectivity index is 1.47. The number of amides is 1. The molecule has 1 amide bonds. The number of aromatic amines is 1. The summed E-state index contributed by atoms with van der Waals surface area (Å²) in [7, 11) is 1.95. The molecular weight excluding hydrogens is 346 g/mol. The topological polar surface area (TPSA) is 66.8 Å². The molecule has 7 heteroatoms. The molecule has 26 heavy (non-hydrogen) atoms. The zero-order chi connectivity index (χ0) is 18.1. The number of nitrogens with zero attached hydrogens (tertiary/aromatic N) is 4. The Bertz CT molecular complexity index is 923. The summed E-state index contributed by atoms with van der Waals surface area (Å²) in [6.07, 6.45) is 4.17. The van der Waals surface area contributed by atoms with Crippen LogP contribution in [-0.2, 0) is 11.8 Å². The van der Waals surface area contributed by atoms with E-state index in [0.717, 1.165) is 59.3 Å². The smallest absolute Gasteiger partial charge is 0.233 e. The summed E-state index contributed by atoms with van der Waals surface area (Å²) in [5, 5.41) is 10.5. The Hall–Kier alpha value is -2.28. The lowest BCUT2D eigenvalue weighted by Gasteiger charge is -2.30. The highest BCUT2D eigenvalue weighted by Gasteiger charge is 2.21. The average molecular weight is 369 g/mol. The van der Waals surface area contributed by atoms with Crippen molar-refractivity contribution >= 4 is 28.6 Å². The van der Waals surface area contributed by atoms with Crippen LogP contribution < -0.4 is 0 Å². The van der Waals surface area contributed by atoms with Crippen molar-refractivity contribution < 1.29 is 4.79 Å². The van der Waals surface area contributed by atoms with Crippen molar-refractivity contribution in [3.8, 4) is 11.4 Å². The van der Waals surface area contributed by atoms with Crippen LogP contribution in [0, 0.1) is 5.92 Å². The van der Waals surface area contributed by atoms with Crippen molar-refractivity contribution in [3.05, 3.63) is 30.5 Å². The zero-order valence-electron chi connectivity index (χ0n) is 15.1. The summed E-state index contributed by atoms with van der Waals surface area (Å²) >= 11 is 1.46. The first-order valence-electron chi connectivity index (χ1n) is 9.00. The van der Waals surface area contributed by atoms with Crippen molar-refractivity contribution in [1.29, 1.82) is 0 Å². The van der Waals surface area contributed by atoms with Crippen molar-refractivity contribution in [2.45, 2.75) is 24.9 Å². The molecular formula is C19H23N5OS. The number of benzene rings is 1. The summed E-state index contributed by atoms with van der Waals surface area (Å²) in [5.41, 5.74) is 2.10. The fourth-order valence-electron chi connectivity index (χ4n) is 3.41. The number of aromatic nitrogens is 4. The van der Waals surface area contributed by atoms with Gasteiger partial charge < -0.3 is 14.5 Å². The third-order valence-corrected chi connectivity index (χ3v) is 6.13. The number of nitrogens with one attached hydrogen (secondary N) is 1. The van der Waals surface area contributed by atoms with Gasteiger partial charge in [-0.2, -0.15) is 0 Å². The minimum atomic E-state index is 0.193. The lowest BCUT2D eigenvalue weighted by molar-refractivity contribution is -0.129. The van der Waals surface area contributed by atoms with Gasteiger partial charge in [0.05, 0.1) is 5.75 Å². The molecule has 2 aromatic heterocycles. The molecule has 0 unspecified atom stereocenters. The lowest BCUT2D eigenvalue weighted by atomic mass is 9.99. The number of carbonyl (C=O) groups excluding carboxylic acids is 1. The predicted molar refractivity (Wildman–Crippen MR) is 104 cm³/mol. The van der Waals surface area contributed by atoms with Gasteiger partial charge in [-0.1, -0.05) is 36.9 Å². The van der Waals surface area contributed by atoms with E-state index >= 15 is 0 Å². The number of rotatable bonds is 4. The average Bonchev–Trinajstić information content (AvgIpc) is 3.23. The summed E-state index contributed by atoms with van der Waals surface area (Å²) in [6.45, 7) is 4.00. The second-order valence-electron chi connectivity index (χ2n) is 6.97. The van der Waals surface area contributed by atoms with Crippen LogP contribution in [0.25, 0.3) is 22.3 Å². The molecule has 136 valence electrons. The molecule has 3 aromatic rings. The van der Waals surface area contributed by atoms with Crippen LogP contribution in [0.3, 0.4) is 0 Å². The van der Waals surface area contributed by atoms with Gasteiger partial charge in [-0.25, -0.2) is 0 Å². The third kappa shape index (κ3) is 3.23. The molecule has 1 fully saturated rings. The number of carbonyl (C=O) groups is 1. The lowest BCUT2D eigenvalue weighted by Crippen LogP contribution is -2.38. The molecule has 6 nitrogen and oxygen atoms in total. The van der Waals surface area contributed by atoms with Crippen LogP contribution in [0.15, 0.2) is 35.6 Å². The first-order chi connectivity index (χ1) is 12.6. The van der Waals surface area contributed by atoms with Gasteiger partial charge in [-0.15, -0.1) is 10.2 Å².